The molecule has 130 valence electrons. The predicted octanol–water partition coefficient (Wildman–Crippen LogP) is 5.36. The second kappa shape index (κ2) is 6.67. The van der Waals surface area contributed by atoms with Crippen molar-refractivity contribution in [2.75, 3.05) is 0 Å². The van der Waals surface area contributed by atoms with Gasteiger partial charge in [-0.25, -0.2) is 9.37 Å². The highest BCUT2D eigenvalue weighted by molar-refractivity contribution is 5.83. The minimum absolute atomic E-state index is 0.260. The largest absolute Gasteiger partial charge is 0.327 e. The quantitative estimate of drug-likeness (QED) is 0.587. The molecule has 0 spiro atoms. The normalized spacial score (nSPS) is 13.3. The van der Waals surface area contributed by atoms with Crippen molar-refractivity contribution in [1.82, 2.24) is 9.55 Å². The molecule has 1 aliphatic rings. The van der Waals surface area contributed by atoms with E-state index in [9.17, 15) is 4.39 Å². The molecule has 0 saturated carbocycles. The molecule has 0 saturated heterocycles. The summed E-state index contributed by atoms with van der Waals surface area (Å²) in [5.74, 6) is 0.787. The van der Waals surface area contributed by atoms with Crippen molar-refractivity contribution in [2.45, 2.75) is 26.3 Å². The van der Waals surface area contributed by atoms with Crippen molar-refractivity contribution in [3.8, 4) is 22.5 Å². The van der Waals surface area contributed by atoms with Gasteiger partial charge in [0, 0.05) is 30.3 Å². The van der Waals surface area contributed by atoms with E-state index in [1.54, 1.807) is 12.3 Å². The van der Waals surface area contributed by atoms with E-state index in [1.807, 2.05) is 31.2 Å². The van der Waals surface area contributed by atoms with Gasteiger partial charge in [-0.2, -0.15) is 0 Å². The molecule has 0 radical (unpaired) electrons. The fourth-order valence-electron chi connectivity index (χ4n) is 3.50. The van der Waals surface area contributed by atoms with Crippen LogP contribution in [0.3, 0.4) is 0 Å². The number of imidazole rings is 1. The molecule has 0 bridgehead atoms. The van der Waals surface area contributed by atoms with Gasteiger partial charge in [0.15, 0.2) is 0 Å². The molecular formula is C21H19FN4. The highest BCUT2D eigenvalue weighted by atomic mass is 19.1. The molecule has 0 unspecified atom stereocenters. The number of fused-ring (bicyclic) bond motifs is 1. The van der Waals surface area contributed by atoms with E-state index in [1.165, 1.54) is 12.1 Å². The van der Waals surface area contributed by atoms with Gasteiger partial charge in [0.2, 0.25) is 0 Å². The molecule has 0 aliphatic carbocycles. The van der Waals surface area contributed by atoms with E-state index in [4.69, 9.17) is 4.98 Å². The second-order valence-electron chi connectivity index (χ2n) is 6.24. The molecule has 2 heterocycles. The number of aromatic nitrogens is 2. The molecule has 0 fully saturated rings. The highest BCUT2D eigenvalue weighted by Gasteiger charge is 2.23. The first-order valence-electron chi connectivity index (χ1n) is 8.66. The SMILES string of the molecule is C=Nc1ccc(-c2c(-c3cccc(F)c3)nc3n2CCC3)cc1/N=C\C. The standard InChI is InChI=1S/C21H19FN4/c1-3-24-18-13-15(9-10-17(18)23-2)21-20(14-6-4-7-16(22)12-14)25-19-8-5-11-26(19)21/h3-4,6-7,9-10,12-13H,2,5,8,11H2,1H3/b24-3-. The van der Waals surface area contributed by atoms with Gasteiger partial charge < -0.3 is 4.57 Å². The number of aryl methyl sites for hydroxylation is 1. The van der Waals surface area contributed by atoms with Crippen molar-refractivity contribution in [3.63, 3.8) is 0 Å². The van der Waals surface area contributed by atoms with Gasteiger partial charge in [0.25, 0.3) is 0 Å². The van der Waals surface area contributed by atoms with Crippen LogP contribution in [0.15, 0.2) is 52.4 Å². The van der Waals surface area contributed by atoms with Crippen LogP contribution in [-0.4, -0.2) is 22.5 Å². The summed E-state index contributed by atoms with van der Waals surface area (Å²) in [6.07, 6.45) is 3.75. The van der Waals surface area contributed by atoms with Crippen LogP contribution < -0.4 is 0 Å². The zero-order chi connectivity index (χ0) is 18.1. The topological polar surface area (TPSA) is 42.5 Å². The Morgan fingerprint density at radius 3 is 2.81 bits per heavy atom. The van der Waals surface area contributed by atoms with Crippen molar-refractivity contribution < 1.29 is 4.39 Å². The molecular weight excluding hydrogens is 327 g/mol. The Morgan fingerprint density at radius 2 is 2.04 bits per heavy atom. The summed E-state index contributed by atoms with van der Waals surface area (Å²) in [4.78, 5) is 13.3. The maximum absolute atomic E-state index is 13.8. The van der Waals surface area contributed by atoms with Gasteiger partial charge in [-0.3, -0.25) is 9.98 Å². The number of hydrogen-bond donors (Lipinski definition) is 0. The lowest BCUT2D eigenvalue weighted by molar-refractivity contribution is 0.628. The van der Waals surface area contributed by atoms with E-state index < -0.39 is 0 Å². The Labute approximate surface area is 151 Å². The van der Waals surface area contributed by atoms with Crippen LogP contribution in [-0.2, 0) is 13.0 Å². The molecule has 4 rings (SSSR count). The maximum atomic E-state index is 13.8. The average Bonchev–Trinajstić information content (AvgIpc) is 3.23. The third-order valence-electron chi connectivity index (χ3n) is 4.61. The number of halogens is 1. The first kappa shape index (κ1) is 16.4. The Kier molecular flexibility index (Phi) is 4.21. The average molecular weight is 346 g/mol. The summed E-state index contributed by atoms with van der Waals surface area (Å²) in [6.45, 7) is 6.40. The third kappa shape index (κ3) is 2.75. The van der Waals surface area contributed by atoms with E-state index in [0.29, 0.717) is 0 Å². The van der Waals surface area contributed by atoms with E-state index in [0.717, 1.165) is 59.1 Å². The number of hydrogen-bond acceptors (Lipinski definition) is 3. The zero-order valence-electron chi connectivity index (χ0n) is 14.6. The van der Waals surface area contributed by atoms with E-state index in [-0.39, 0.29) is 5.82 Å². The van der Waals surface area contributed by atoms with Crippen LogP contribution in [0.5, 0.6) is 0 Å². The fourth-order valence-corrected chi connectivity index (χ4v) is 3.50. The van der Waals surface area contributed by atoms with Gasteiger partial charge in [-0.15, -0.1) is 0 Å². The Morgan fingerprint density at radius 1 is 1.15 bits per heavy atom. The molecule has 5 heteroatoms. The molecule has 2 aromatic carbocycles. The molecule has 4 nitrogen and oxygen atoms in total. The molecule has 0 atom stereocenters. The van der Waals surface area contributed by atoms with Gasteiger partial charge in [-0.05, 0) is 44.3 Å². The van der Waals surface area contributed by atoms with Crippen molar-refractivity contribution >= 4 is 24.3 Å². The summed E-state index contributed by atoms with van der Waals surface area (Å²) in [6, 6.07) is 12.5. The third-order valence-corrected chi connectivity index (χ3v) is 4.61. The summed E-state index contributed by atoms with van der Waals surface area (Å²) < 4.78 is 16.0. The Balaban J connectivity index is 1.94. The van der Waals surface area contributed by atoms with Crippen LogP contribution in [0.2, 0.25) is 0 Å². The molecule has 26 heavy (non-hydrogen) atoms. The van der Waals surface area contributed by atoms with Crippen LogP contribution in [0.4, 0.5) is 15.8 Å². The minimum atomic E-state index is -0.260. The summed E-state index contributed by atoms with van der Waals surface area (Å²) in [5.41, 5.74) is 5.10. The number of aliphatic imine (C=N–C) groups is 2. The Bertz CT molecular complexity index is 1020. The van der Waals surface area contributed by atoms with Crippen molar-refractivity contribution in [3.05, 3.63) is 54.1 Å². The minimum Gasteiger partial charge on any atom is -0.327 e. The lowest BCUT2D eigenvalue weighted by Gasteiger charge is -2.10. The predicted molar refractivity (Wildman–Crippen MR) is 104 cm³/mol. The van der Waals surface area contributed by atoms with Crippen molar-refractivity contribution in [2.24, 2.45) is 9.98 Å². The lowest BCUT2D eigenvalue weighted by atomic mass is 10.0. The van der Waals surface area contributed by atoms with Crippen LogP contribution in [0.25, 0.3) is 22.5 Å². The molecule has 3 aromatic rings. The first-order valence-corrected chi connectivity index (χ1v) is 8.66. The van der Waals surface area contributed by atoms with Gasteiger partial charge >= 0.3 is 0 Å². The highest BCUT2D eigenvalue weighted by Crippen LogP contribution is 2.39. The number of rotatable bonds is 4. The monoisotopic (exact) mass is 346 g/mol. The second-order valence-corrected chi connectivity index (χ2v) is 6.24. The molecule has 0 N–H and O–H groups in total. The first-order chi connectivity index (χ1) is 12.7. The van der Waals surface area contributed by atoms with Gasteiger partial charge in [0.05, 0.1) is 22.8 Å². The van der Waals surface area contributed by atoms with Crippen LogP contribution in [0, 0.1) is 5.82 Å². The number of nitrogens with zero attached hydrogens (tertiary/aromatic N) is 4. The van der Waals surface area contributed by atoms with Crippen LogP contribution in [0.1, 0.15) is 19.2 Å². The molecule has 0 amide bonds. The Hall–Kier alpha value is -3.08. The maximum Gasteiger partial charge on any atom is 0.123 e. The lowest BCUT2D eigenvalue weighted by Crippen LogP contribution is -1.96. The zero-order valence-corrected chi connectivity index (χ0v) is 14.6. The number of benzene rings is 2. The van der Waals surface area contributed by atoms with Gasteiger partial charge in [-0.1, -0.05) is 18.2 Å². The summed E-state index contributed by atoms with van der Waals surface area (Å²) in [5, 5.41) is 0. The smallest absolute Gasteiger partial charge is 0.123 e. The molecule has 1 aromatic heterocycles. The van der Waals surface area contributed by atoms with E-state index >= 15 is 0 Å². The van der Waals surface area contributed by atoms with Gasteiger partial charge in [0.1, 0.15) is 11.6 Å². The fraction of sp³-hybridized carbons (Fsp3) is 0.190. The van der Waals surface area contributed by atoms with Crippen LogP contribution >= 0.6 is 0 Å². The molecule has 1 aliphatic heterocycles. The van der Waals surface area contributed by atoms with Crippen molar-refractivity contribution in [1.29, 1.82) is 0 Å². The van der Waals surface area contributed by atoms with E-state index in [2.05, 4.69) is 21.3 Å². The summed E-state index contributed by atoms with van der Waals surface area (Å²) >= 11 is 0. The summed E-state index contributed by atoms with van der Waals surface area (Å²) in [7, 11) is 0.